The Labute approximate surface area is 144 Å². The number of hydrogen-bond donors (Lipinski definition) is 0. The summed E-state index contributed by atoms with van der Waals surface area (Å²) < 4.78 is 1.57. The van der Waals surface area contributed by atoms with Gasteiger partial charge in [-0.1, -0.05) is 30.3 Å². The zero-order valence-electron chi connectivity index (χ0n) is 13.4. The summed E-state index contributed by atoms with van der Waals surface area (Å²) in [6.45, 7) is 0.605. The molecule has 0 fully saturated rings. The smallest absolute Gasteiger partial charge is 0.294 e. The molecule has 1 aromatic carbocycles. The number of benzene rings is 1. The molecule has 3 aromatic rings. The van der Waals surface area contributed by atoms with Gasteiger partial charge in [0.1, 0.15) is 6.33 Å². The van der Waals surface area contributed by atoms with Gasteiger partial charge < -0.3 is 4.90 Å². The molecule has 0 saturated heterocycles. The molecule has 0 spiro atoms. The Balaban J connectivity index is 1.62. The first-order chi connectivity index (χ1) is 11.7. The summed E-state index contributed by atoms with van der Waals surface area (Å²) in [6, 6.07) is 12.7. The van der Waals surface area contributed by atoms with Crippen LogP contribution in [0.1, 0.15) is 26.6 Å². The molecule has 0 N–H and O–H groups in total. The molecule has 0 radical (unpaired) electrons. The second-order valence-electron chi connectivity index (χ2n) is 6.09. The van der Waals surface area contributed by atoms with Crippen molar-refractivity contribution in [1.82, 2.24) is 19.7 Å². The minimum Gasteiger partial charge on any atom is -0.327 e. The molecule has 5 nitrogen and oxygen atoms in total. The molecule has 24 heavy (non-hydrogen) atoms. The maximum Gasteiger partial charge on any atom is 0.294 e. The highest BCUT2D eigenvalue weighted by Crippen LogP contribution is 2.28. The summed E-state index contributed by atoms with van der Waals surface area (Å²) >= 11 is 1.67. The van der Waals surface area contributed by atoms with E-state index in [-0.39, 0.29) is 17.8 Å². The van der Waals surface area contributed by atoms with Crippen LogP contribution in [-0.2, 0) is 26.4 Å². The van der Waals surface area contributed by atoms with Crippen molar-refractivity contribution in [2.75, 3.05) is 0 Å². The Morgan fingerprint density at radius 3 is 2.58 bits per heavy atom. The molecule has 0 saturated carbocycles. The summed E-state index contributed by atoms with van der Waals surface area (Å²) in [5.41, 5.74) is 2.67. The van der Waals surface area contributed by atoms with E-state index in [1.165, 1.54) is 16.0 Å². The fraction of sp³-hybridized carbons (Fsp3) is 0.278. The molecule has 6 heteroatoms. The van der Waals surface area contributed by atoms with Gasteiger partial charge in [0.2, 0.25) is 5.82 Å². The number of hydrogen-bond acceptors (Lipinski definition) is 4. The summed E-state index contributed by atoms with van der Waals surface area (Å²) in [4.78, 5) is 20.3. The van der Waals surface area contributed by atoms with Gasteiger partial charge in [0.25, 0.3) is 5.91 Å². The fourth-order valence-electron chi connectivity index (χ4n) is 3.26. The van der Waals surface area contributed by atoms with Crippen LogP contribution in [0.5, 0.6) is 0 Å². The highest BCUT2D eigenvalue weighted by molar-refractivity contribution is 7.09. The molecule has 122 valence electrons. The zero-order chi connectivity index (χ0) is 16.5. The van der Waals surface area contributed by atoms with Crippen molar-refractivity contribution in [2.24, 2.45) is 7.05 Å². The van der Waals surface area contributed by atoms with Crippen molar-refractivity contribution in [3.05, 3.63) is 69.9 Å². The number of rotatable bonds is 4. The largest absolute Gasteiger partial charge is 0.327 e. The number of nitrogens with zero attached hydrogens (tertiary/aromatic N) is 4. The van der Waals surface area contributed by atoms with E-state index in [2.05, 4.69) is 40.4 Å². The Hall–Kier alpha value is -2.47. The van der Waals surface area contributed by atoms with Crippen LogP contribution in [0.15, 0.2) is 48.1 Å². The number of aryl methyl sites for hydroxylation is 1. The van der Waals surface area contributed by atoms with Gasteiger partial charge in [-0.15, -0.1) is 16.4 Å². The molecule has 1 aliphatic rings. The van der Waals surface area contributed by atoms with E-state index in [9.17, 15) is 4.79 Å². The minimum atomic E-state index is -0.0955. The van der Waals surface area contributed by atoms with E-state index in [1.54, 1.807) is 29.4 Å². The molecule has 0 atom stereocenters. The number of carbonyl (C=O) groups is 1. The van der Waals surface area contributed by atoms with Gasteiger partial charge in [0, 0.05) is 18.0 Å². The molecular formula is C18H18N4OS. The standard InChI is InChI=1S/C18H18N4OS/c1-21-12-19-17(20-21)18(23)22(11-16-7-4-8-24-16)15-9-13-5-2-3-6-14(13)10-15/h2-8,12,15H,9-11H2,1H3. The van der Waals surface area contributed by atoms with Crippen LogP contribution < -0.4 is 0 Å². The van der Waals surface area contributed by atoms with Crippen molar-refractivity contribution >= 4 is 17.2 Å². The molecule has 2 aromatic heterocycles. The van der Waals surface area contributed by atoms with Crippen molar-refractivity contribution in [1.29, 1.82) is 0 Å². The highest BCUT2D eigenvalue weighted by Gasteiger charge is 2.32. The molecule has 4 rings (SSSR count). The van der Waals surface area contributed by atoms with Crippen molar-refractivity contribution in [3.63, 3.8) is 0 Å². The Kier molecular flexibility index (Phi) is 3.90. The molecule has 2 heterocycles. The summed E-state index contributed by atoms with van der Waals surface area (Å²) in [6.07, 6.45) is 3.35. The average molecular weight is 338 g/mol. The van der Waals surface area contributed by atoms with Crippen molar-refractivity contribution in [2.45, 2.75) is 25.4 Å². The maximum atomic E-state index is 13.0. The Morgan fingerprint density at radius 2 is 2.00 bits per heavy atom. The molecule has 0 bridgehead atoms. The van der Waals surface area contributed by atoms with Crippen molar-refractivity contribution < 1.29 is 4.79 Å². The molecule has 1 aliphatic carbocycles. The van der Waals surface area contributed by atoms with E-state index in [0.29, 0.717) is 6.54 Å². The lowest BCUT2D eigenvalue weighted by molar-refractivity contribution is 0.0657. The zero-order valence-corrected chi connectivity index (χ0v) is 14.2. The molecule has 1 amide bonds. The van der Waals surface area contributed by atoms with Crippen molar-refractivity contribution in [3.8, 4) is 0 Å². The number of amides is 1. The van der Waals surface area contributed by atoms with Gasteiger partial charge in [-0.3, -0.25) is 9.48 Å². The molecular weight excluding hydrogens is 320 g/mol. The van der Waals surface area contributed by atoms with Gasteiger partial charge in [-0.05, 0) is 35.4 Å². The predicted octanol–water partition coefficient (Wildman–Crippen LogP) is 2.69. The first-order valence-corrected chi connectivity index (χ1v) is 8.84. The van der Waals surface area contributed by atoms with E-state index in [4.69, 9.17) is 0 Å². The van der Waals surface area contributed by atoms with Gasteiger partial charge in [0.05, 0.1) is 6.54 Å². The topological polar surface area (TPSA) is 51.0 Å². The lowest BCUT2D eigenvalue weighted by atomic mass is 10.1. The minimum absolute atomic E-state index is 0.0955. The Bertz CT molecular complexity index is 831. The van der Waals surface area contributed by atoms with Gasteiger partial charge >= 0.3 is 0 Å². The number of fused-ring (bicyclic) bond motifs is 1. The second kappa shape index (κ2) is 6.20. The highest BCUT2D eigenvalue weighted by atomic mass is 32.1. The fourth-order valence-corrected chi connectivity index (χ4v) is 3.96. The van der Waals surface area contributed by atoms with Crippen LogP contribution in [0.3, 0.4) is 0 Å². The van der Waals surface area contributed by atoms with Crippen LogP contribution in [0.25, 0.3) is 0 Å². The van der Waals surface area contributed by atoms with E-state index < -0.39 is 0 Å². The quantitative estimate of drug-likeness (QED) is 0.735. The second-order valence-corrected chi connectivity index (χ2v) is 7.12. The van der Waals surface area contributed by atoms with E-state index >= 15 is 0 Å². The third kappa shape index (κ3) is 2.85. The predicted molar refractivity (Wildman–Crippen MR) is 92.8 cm³/mol. The van der Waals surface area contributed by atoms with Gasteiger partial charge in [-0.2, -0.15) is 0 Å². The number of aromatic nitrogens is 3. The maximum absolute atomic E-state index is 13.0. The number of carbonyl (C=O) groups excluding carboxylic acids is 1. The summed E-state index contributed by atoms with van der Waals surface area (Å²) in [5, 5.41) is 6.24. The molecule has 0 unspecified atom stereocenters. The monoisotopic (exact) mass is 338 g/mol. The summed E-state index contributed by atoms with van der Waals surface area (Å²) in [5.74, 6) is 0.173. The summed E-state index contributed by atoms with van der Waals surface area (Å²) in [7, 11) is 1.78. The van der Waals surface area contributed by atoms with Crippen LogP contribution in [0.2, 0.25) is 0 Å². The average Bonchev–Trinajstić information content (AvgIpc) is 3.32. The third-order valence-corrected chi connectivity index (χ3v) is 5.29. The van der Waals surface area contributed by atoms with Crippen LogP contribution >= 0.6 is 11.3 Å². The van der Waals surface area contributed by atoms with E-state index in [1.807, 2.05) is 16.3 Å². The van der Waals surface area contributed by atoms with Crippen LogP contribution in [0.4, 0.5) is 0 Å². The van der Waals surface area contributed by atoms with Gasteiger partial charge in [-0.25, -0.2) is 4.98 Å². The van der Waals surface area contributed by atoms with Crippen LogP contribution in [-0.4, -0.2) is 31.6 Å². The van der Waals surface area contributed by atoms with Gasteiger partial charge in [0.15, 0.2) is 0 Å². The van der Waals surface area contributed by atoms with Crippen LogP contribution in [0, 0.1) is 0 Å². The lowest BCUT2D eigenvalue weighted by Crippen LogP contribution is -2.40. The Morgan fingerprint density at radius 1 is 1.25 bits per heavy atom. The third-order valence-electron chi connectivity index (χ3n) is 4.43. The normalized spacial score (nSPS) is 13.9. The SMILES string of the molecule is Cn1cnc(C(=O)N(Cc2cccs2)C2Cc3ccccc3C2)n1. The number of thiophene rings is 1. The molecule has 0 aliphatic heterocycles. The lowest BCUT2D eigenvalue weighted by Gasteiger charge is -2.27. The first kappa shape index (κ1) is 15.1. The van der Waals surface area contributed by atoms with E-state index in [0.717, 1.165) is 12.8 Å². The first-order valence-electron chi connectivity index (χ1n) is 7.96.